The molecule has 1 aromatic heterocycles. The van der Waals surface area contributed by atoms with E-state index < -0.39 is 0 Å². The molecule has 0 unspecified atom stereocenters. The summed E-state index contributed by atoms with van der Waals surface area (Å²) in [6.07, 6.45) is 1.45. The number of aromatic nitrogens is 2. The highest BCUT2D eigenvalue weighted by atomic mass is 79.9. The van der Waals surface area contributed by atoms with Crippen LogP contribution >= 0.6 is 15.9 Å². The summed E-state index contributed by atoms with van der Waals surface area (Å²) >= 11 is 3.39. The van der Waals surface area contributed by atoms with Gasteiger partial charge >= 0.3 is 0 Å². The van der Waals surface area contributed by atoms with E-state index in [1.807, 2.05) is 6.92 Å². The van der Waals surface area contributed by atoms with E-state index in [0.29, 0.717) is 12.2 Å². The molecule has 0 amide bonds. The van der Waals surface area contributed by atoms with Gasteiger partial charge in [0.1, 0.15) is 22.0 Å². The molecule has 0 atom stereocenters. The summed E-state index contributed by atoms with van der Waals surface area (Å²) in [4.78, 5) is 7.41. The zero-order valence-corrected chi connectivity index (χ0v) is 11.8. The van der Waals surface area contributed by atoms with Crippen molar-refractivity contribution in [2.24, 2.45) is 0 Å². The van der Waals surface area contributed by atoms with Crippen LogP contribution in [0.1, 0.15) is 17.1 Å². The molecule has 0 spiro atoms. The number of aryl methyl sites for hydroxylation is 3. The van der Waals surface area contributed by atoms with Crippen molar-refractivity contribution < 1.29 is 9.13 Å². The molecule has 96 valence electrons. The lowest BCUT2D eigenvalue weighted by molar-refractivity contribution is 0.408. The number of aromatic amines is 1. The molecule has 0 saturated heterocycles. The molecule has 0 bridgehead atoms. The van der Waals surface area contributed by atoms with E-state index in [0.717, 1.165) is 28.1 Å². The molecule has 18 heavy (non-hydrogen) atoms. The predicted octanol–water partition coefficient (Wildman–Crippen LogP) is 3.41. The molecule has 1 aromatic carbocycles. The Morgan fingerprint density at radius 1 is 1.39 bits per heavy atom. The number of hydrogen-bond donors (Lipinski definition) is 1. The number of benzene rings is 1. The van der Waals surface area contributed by atoms with Crippen LogP contribution in [0.4, 0.5) is 4.39 Å². The number of imidazole rings is 1. The van der Waals surface area contributed by atoms with E-state index in [1.165, 1.54) is 12.1 Å². The van der Waals surface area contributed by atoms with E-state index in [9.17, 15) is 4.39 Å². The van der Waals surface area contributed by atoms with Crippen molar-refractivity contribution in [2.75, 3.05) is 7.11 Å². The lowest BCUT2D eigenvalue weighted by Crippen LogP contribution is -1.97. The highest BCUT2D eigenvalue weighted by Gasteiger charge is 2.09. The van der Waals surface area contributed by atoms with Gasteiger partial charge < -0.3 is 9.72 Å². The number of nitrogens with zero attached hydrogens (tertiary/aromatic N) is 1. The lowest BCUT2D eigenvalue weighted by atomic mass is 10.1. The van der Waals surface area contributed by atoms with Gasteiger partial charge in [-0.2, -0.15) is 0 Å². The van der Waals surface area contributed by atoms with Crippen LogP contribution in [-0.2, 0) is 12.8 Å². The Hall–Kier alpha value is -1.36. The summed E-state index contributed by atoms with van der Waals surface area (Å²) in [5, 5.41) is 0. The van der Waals surface area contributed by atoms with Crippen molar-refractivity contribution in [2.45, 2.75) is 19.8 Å². The average molecular weight is 313 g/mol. The van der Waals surface area contributed by atoms with Gasteiger partial charge in [0.15, 0.2) is 0 Å². The Balaban J connectivity index is 2.14. The fraction of sp³-hybridized carbons (Fsp3) is 0.308. The van der Waals surface area contributed by atoms with Crippen molar-refractivity contribution in [3.8, 4) is 5.75 Å². The van der Waals surface area contributed by atoms with Gasteiger partial charge in [-0.3, -0.25) is 0 Å². The van der Waals surface area contributed by atoms with Crippen LogP contribution < -0.4 is 4.74 Å². The topological polar surface area (TPSA) is 37.9 Å². The summed E-state index contributed by atoms with van der Waals surface area (Å²) in [5.41, 5.74) is 1.87. The maximum atomic E-state index is 13.2. The monoisotopic (exact) mass is 312 g/mol. The van der Waals surface area contributed by atoms with Crippen molar-refractivity contribution in [3.05, 3.63) is 45.7 Å². The fourth-order valence-corrected chi connectivity index (χ4v) is 2.44. The van der Waals surface area contributed by atoms with Crippen molar-refractivity contribution in [1.29, 1.82) is 0 Å². The third kappa shape index (κ3) is 2.90. The molecule has 1 N–H and O–H groups in total. The summed E-state index contributed by atoms with van der Waals surface area (Å²) in [5.74, 6) is 1.33. The molecule has 2 aromatic rings. The predicted molar refractivity (Wildman–Crippen MR) is 71.4 cm³/mol. The van der Waals surface area contributed by atoms with Crippen LogP contribution in [0.3, 0.4) is 0 Å². The number of nitrogens with one attached hydrogen (secondary N) is 1. The van der Waals surface area contributed by atoms with Gasteiger partial charge in [-0.1, -0.05) is 0 Å². The maximum Gasteiger partial charge on any atom is 0.127 e. The van der Waals surface area contributed by atoms with Gasteiger partial charge in [0.25, 0.3) is 0 Å². The number of halogens is 2. The van der Waals surface area contributed by atoms with E-state index >= 15 is 0 Å². The quantitative estimate of drug-likeness (QED) is 0.939. The highest BCUT2D eigenvalue weighted by molar-refractivity contribution is 9.10. The summed E-state index contributed by atoms with van der Waals surface area (Å²) in [6, 6.07) is 4.56. The smallest absolute Gasteiger partial charge is 0.127 e. The molecule has 5 heteroatoms. The lowest BCUT2D eigenvalue weighted by Gasteiger charge is -2.08. The zero-order chi connectivity index (χ0) is 13.1. The largest absolute Gasteiger partial charge is 0.496 e. The number of ether oxygens (including phenoxy) is 1. The molecule has 0 fully saturated rings. The zero-order valence-electron chi connectivity index (χ0n) is 10.3. The first-order chi connectivity index (χ1) is 8.60. The summed E-state index contributed by atoms with van der Waals surface area (Å²) in [6.45, 7) is 1.90. The molecule has 0 radical (unpaired) electrons. The van der Waals surface area contributed by atoms with E-state index in [4.69, 9.17) is 4.74 Å². The van der Waals surface area contributed by atoms with Crippen LogP contribution in [0.2, 0.25) is 0 Å². The minimum absolute atomic E-state index is 0.245. The molecular formula is C13H14BrFN2O. The molecule has 0 aliphatic rings. The van der Waals surface area contributed by atoms with Gasteiger partial charge in [0.05, 0.1) is 7.11 Å². The van der Waals surface area contributed by atoms with Gasteiger partial charge in [-0.25, -0.2) is 9.37 Å². The van der Waals surface area contributed by atoms with E-state index in [1.54, 1.807) is 13.2 Å². The molecule has 0 aliphatic heterocycles. The van der Waals surface area contributed by atoms with Gasteiger partial charge in [-0.15, -0.1) is 0 Å². The highest BCUT2D eigenvalue weighted by Crippen LogP contribution is 2.22. The van der Waals surface area contributed by atoms with Gasteiger partial charge in [-0.05, 0) is 59.5 Å². The molecule has 1 heterocycles. The minimum atomic E-state index is -0.245. The average Bonchev–Trinajstić information content (AvgIpc) is 2.65. The van der Waals surface area contributed by atoms with Crippen LogP contribution in [0.15, 0.2) is 22.8 Å². The first-order valence-corrected chi connectivity index (χ1v) is 6.43. The SMILES string of the molecule is COc1ccc(F)cc1CCc1[nH]c(C)nc1Br. The third-order valence-electron chi connectivity index (χ3n) is 2.73. The number of rotatable bonds is 4. The van der Waals surface area contributed by atoms with Crippen molar-refractivity contribution in [3.63, 3.8) is 0 Å². The molecule has 0 aliphatic carbocycles. The fourth-order valence-electron chi connectivity index (χ4n) is 1.88. The Morgan fingerprint density at radius 2 is 2.17 bits per heavy atom. The van der Waals surface area contributed by atoms with Crippen molar-refractivity contribution >= 4 is 15.9 Å². The van der Waals surface area contributed by atoms with Gasteiger partial charge in [0.2, 0.25) is 0 Å². The normalized spacial score (nSPS) is 10.7. The van der Waals surface area contributed by atoms with Gasteiger partial charge in [0, 0.05) is 5.69 Å². The van der Waals surface area contributed by atoms with Crippen LogP contribution in [0, 0.1) is 12.7 Å². The molecule has 0 saturated carbocycles. The number of hydrogen-bond acceptors (Lipinski definition) is 2. The molecule has 2 rings (SSSR count). The first-order valence-electron chi connectivity index (χ1n) is 5.63. The summed E-state index contributed by atoms with van der Waals surface area (Å²) in [7, 11) is 1.59. The second kappa shape index (κ2) is 5.52. The summed E-state index contributed by atoms with van der Waals surface area (Å²) < 4.78 is 19.2. The third-order valence-corrected chi connectivity index (χ3v) is 3.39. The van der Waals surface area contributed by atoms with E-state index in [2.05, 4.69) is 25.9 Å². The Kier molecular flexibility index (Phi) is 4.01. The standard InChI is InChI=1S/C13H14BrFN2O/c1-8-16-11(13(14)17-8)5-3-9-7-10(15)4-6-12(9)18-2/h4,6-7H,3,5H2,1-2H3,(H,16,17). The molecular weight excluding hydrogens is 299 g/mol. The Bertz CT molecular complexity index is 554. The first kappa shape index (κ1) is 13.1. The Morgan fingerprint density at radius 3 is 2.78 bits per heavy atom. The van der Waals surface area contributed by atoms with Crippen LogP contribution in [-0.4, -0.2) is 17.1 Å². The van der Waals surface area contributed by atoms with Crippen LogP contribution in [0.5, 0.6) is 5.75 Å². The van der Waals surface area contributed by atoms with Crippen LogP contribution in [0.25, 0.3) is 0 Å². The minimum Gasteiger partial charge on any atom is -0.496 e. The second-order valence-electron chi connectivity index (χ2n) is 4.05. The number of H-pyrrole nitrogens is 1. The number of methoxy groups -OCH3 is 1. The maximum absolute atomic E-state index is 13.2. The Labute approximate surface area is 114 Å². The second-order valence-corrected chi connectivity index (χ2v) is 4.80. The van der Waals surface area contributed by atoms with Crippen molar-refractivity contribution in [1.82, 2.24) is 9.97 Å². The van der Waals surface area contributed by atoms with E-state index in [-0.39, 0.29) is 5.82 Å². The molecule has 3 nitrogen and oxygen atoms in total.